The lowest BCUT2D eigenvalue weighted by Gasteiger charge is -2.20. The van der Waals surface area contributed by atoms with Gasteiger partial charge in [0.1, 0.15) is 17.4 Å². The molecule has 1 aromatic heterocycles. The lowest BCUT2D eigenvalue weighted by atomic mass is 9.91. The fraction of sp³-hybridized carbons (Fsp3) is 0.320. The summed E-state index contributed by atoms with van der Waals surface area (Å²) in [6.07, 6.45) is 2.83. The molecule has 0 aliphatic heterocycles. The molecule has 1 heterocycles. The third kappa shape index (κ3) is 4.66. The number of carboxylic acid groups (broad SMARTS) is 1. The van der Waals surface area contributed by atoms with E-state index in [1.165, 1.54) is 0 Å². The molecule has 1 aliphatic rings. The van der Waals surface area contributed by atoms with E-state index in [1.807, 2.05) is 36.4 Å². The minimum Gasteiger partial charge on any atom is -0.481 e. The van der Waals surface area contributed by atoms with Gasteiger partial charge in [-0.1, -0.05) is 30.3 Å². The zero-order valence-corrected chi connectivity index (χ0v) is 17.8. The number of hydrogen-bond donors (Lipinski definition) is 2. The number of carbonyl (C=O) groups excluding carboxylic acids is 1. The van der Waals surface area contributed by atoms with E-state index in [2.05, 4.69) is 5.32 Å². The summed E-state index contributed by atoms with van der Waals surface area (Å²) in [5.74, 6) is -1.29. The number of nitrogens with one attached hydrogen (secondary N) is 1. The number of amides is 1. The average molecular weight is 435 g/mol. The highest BCUT2D eigenvalue weighted by atomic mass is 16.5. The Hall–Kier alpha value is -3.61. The summed E-state index contributed by atoms with van der Waals surface area (Å²) in [5, 5.41) is 12.9. The number of aryl methyl sites for hydroxylation is 1. The number of carbonyl (C=O) groups is 2. The van der Waals surface area contributed by atoms with Gasteiger partial charge < -0.3 is 19.6 Å². The van der Waals surface area contributed by atoms with Crippen LogP contribution in [0.4, 0.5) is 0 Å². The lowest BCUT2D eigenvalue weighted by Crippen LogP contribution is -2.47. The molecule has 0 spiro atoms. The van der Waals surface area contributed by atoms with Crippen molar-refractivity contribution in [3.63, 3.8) is 0 Å². The predicted octanol–water partition coefficient (Wildman–Crippen LogP) is 3.25. The Bertz CT molecular complexity index is 1200. The topological polar surface area (TPSA) is 106 Å². The van der Waals surface area contributed by atoms with E-state index in [0.717, 1.165) is 47.8 Å². The Labute approximate surface area is 185 Å². The van der Waals surface area contributed by atoms with E-state index in [9.17, 15) is 19.5 Å². The standard InChI is InChI=1S/C25H25NO6/c1-15(23(27)26-21(24(28)29)13-16-7-3-2-4-8-16)31-17-11-12-19-18-9-5-6-10-20(18)25(30)32-22(19)14-17/h2-4,7-8,11-12,14-15,21H,5-6,9-10,13H2,1H3,(H,26,27)(H,28,29)/t15-,21+/m1/s1. The Morgan fingerprint density at radius 1 is 1.09 bits per heavy atom. The van der Waals surface area contributed by atoms with Gasteiger partial charge >= 0.3 is 11.6 Å². The van der Waals surface area contributed by atoms with Gasteiger partial charge in [-0.3, -0.25) is 4.79 Å². The molecule has 2 N–H and O–H groups in total. The van der Waals surface area contributed by atoms with Crippen LogP contribution in [0.15, 0.2) is 57.7 Å². The number of hydrogen-bond acceptors (Lipinski definition) is 5. The van der Waals surface area contributed by atoms with Crippen LogP contribution in [0, 0.1) is 0 Å². The van der Waals surface area contributed by atoms with Crippen LogP contribution in [0.3, 0.4) is 0 Å². The van der Waals surface area contributed by atoms with Crippen molar-refractivity contribution in [3.05, 3.63) is 75.6 Å². The van der Waals surface area contributed by atoms with E-state index in [-0.39, 0.29) is 12.0 Å². The van der Waals surface area contributed by atoms with Gasteiger partial charge in [0, 0.05) is 23.4 Å². The Morgan fingerprint density at radius 3 is 2.53 bits per heavy atom. The van der Waals surface area contributed by atoms with E-state index >= 15 is 0 Å². The molecule has 0 saturated heterocycles. The average Bonchev–Trinajstić information content (AvgIpc) is 2.79. The van der Waals surface area contributed by atoms with Crippen molar-refractivity contribution in [3.8, 4) is 5.75 Å². The maximum Gasteiger partial charge on any atom is 0.339 e. The largest absolute Gasteiger partial charge is 0.481 e. The summed E-state index contributed by atoms with van der Waals surface area (Å²) < 4.78 is 11.2. The minimum atomic E-state index is -1.12. The van der Waals surface area contributed by atoms with Gasteiger partial charge in [-0.05, 0) is 55.9 Å². The van der Waals surface area contributed by atoms with Crippen LogP contribution in [0.2, 0.25) is 0 Å². The normalized spacial score (nSPS) is 14.9. The van der Waals surface area contributed by atoms with Crippen molar-refractivity contribution in [2.45, 2.75) is 51.2 Å². The quantitative estimate of drug-likeness (QED) is 0.552. The summed E-state index contributed by atoms with van der Waals surface area (Å²) in [4.78, 5) is 36.5. The molecule has 0 bridgehead atoms. The van der Waals surface area contributed by atoms with E-state index < -0.39 is 24.0 Å². The molecule has 0 saturated carbocycles. The minimum absolute atomic E-state index is 0.168. The molecule has 4 rings (SSSR count). The van der Waals surface area contributed by atoms with Crippen molar-refractivity contribution < 1.29 is 23.8 Å². The third-order valence-electron chi connectivity index (χ3n) is 5.77. The van der Waals surface area contributed by atoms with Crippen LogP contribution >= 0.6 is 0 Å². The van der Waals surface area contributed by atoms with Crippen LogP contribution in [0.5, 0.6) is 5.75 Å². The highest BCUT2D eigenvalue weighted by Gasteiger charge is 2.25. The van der Waals surface area contributed by atoms with E-state index in [0.29, 0.717) is 11.3 Å². The zero-order chi connectivity index (χ0) is 22.7. The van der Waals surface area contributed by atoms with Gasteiger partial charge in [-0.2, -0.15) is 0 Å². The first-order valence-electron chi connectivity index (χ1n) is 10.7. The molecule has 3 aromatic rings. The summed E-state index contributed by atoms with van der Waals surface area (Å²) in [7, 11) is 0. The van der Waals surface area contributed by atoms with Gasteiger partial charge in [0.15, 0.2) is 6.10 Å². The number of fused-ring (bicyclic) bond motifs is 3. The summed E-state index contributed by atoms with van der Waals surface area (Å²) in [6.45, 7) is 1.55. The first-order valence-corrected chi connectivity index (χ1v) is 10.7. The van der Waals surface area contributed by atoms with E-state index in [4.69, 9.17) is 9.15 Å². The second-order valence-electron chi connectivity index (χ2n) is 8.06. The lowest BCUT2D eigenvalue weighted by molar-refractivity contribution is -0.142. The molecule has 1 amide bonds. The highest BCUT2D eigenvalue weighted by molar-refractivity contribution is 5.87. The number of benzene rings is 2. The van der Waals surface area contributed by atoms with E-state index in [1.54, 1.807) is 19.1 Å². The second-order valence-corrected chi connectivity index (χ2v) is 8.06. The first-order chi connectivity index (χ1) is 15.4. The first kappa shape index (κ1) is 21.6. The van der Waals surface area contributed by atoms with Gasteiger partial charge in [0.25, 0.3) is 5.91 Å². The number of carboxylic acids is 1. The van der Waals surface area contributed by atoms with Crippen molar-refractivity contribution in [2.75, 3.05) is 0 Å². The molecule has 7 heteroatoms. The highest BCUT2D eigenvalue weighted by Crippen LogP contribution is 2.29. The second kappa shape index (κ2) is 9.26. The number of rotatable bonds is 7. The van der Waals surface area contributed by atoms with Crippen LogP contribution in [-0.2, 0) is 28.9 Å². The fourth-order valence-corrected chi connectivity index (χ4v) is 4.10. The molecular formula is C25H25NO6. The molecule has 0 fully saturated rings. The zero-order valence-electron chi connectivity index (χ0n) is 17.8. The molecule has 1 aliphatic carbocycles. The van der Waals surface area contributed by atoms with Gasteiger partial charge in [0.05, 0.1) is 0 Å². The molecule has 2 atom stereocenters. The maximum atomic E-state index is 12.6. The number of aliphatic carboxylic acids is 1. The Morgan fingerprint density at radius 2 is 1.81 bits per heavy atom. The molecule has 2 aromatic carbocycles. The van der Waals surface area contributed by atoms with Gasteiger partial charge in [0.2, 0.25) is 0 Å². The van der Waals surface area contributed by atoms with Crippen molar-refractivity contribution in [2.24, 2.45) is 0 Å². The van der Waals surface area contributed by atoms with Crippen LogP contribution in [-0.4, -0.2) is 29.1 Å². The van der Waals surface area contributed by atoms with Crippen LogP contribution in [0.25, 0.3) is 11.0 Å². The Kier molecular flexibility index (Phi) is 6.25. The van der Waals surface area contributed by atoms with Crippen LogP contribution < -0.4 is 15.7 Å². The predicted molar refractivity (Wildman–Crippen MR) is 119 cm³/mol. The SMILES string of the molecule is C[C@@H](Oc1ccc2c3c(c(=O)oc2c1)CCCC3)C(=O)N[C@@H](Cc1ccccc1)C(=O)O. The van der Waals surface area contributed by atoms with Gasteiger partial charge in [-0.15, -0.1) is 0 Å². The van der Waals surface area contributed by atoms with Gasteiger partial charge in [-0.25, -0.2) is 9.59 Å². The number of ether oxygens (including phenoxy) is 1. The molecular weight excluding hydrogens is 410 g/mol. The van der Waals surface area contributed by atoms with Crippen LogP contribution in [0.1, 0.15) is 36.5 Å². The Balaban J connectivity index is 1.47. The maximum absolute atomic E-state index is 12.6. The van der Waals surface area contributed by atoms with Crippen molar-refractivity contribution >= 4 is 22.8 Å². The third-order valence-corrected chi connectivity index (χ3v) is 5.77. The monoisotopic (exact) mass is 435 g/mol. The summed E-state index contributed by atoms with van der Waals surface area (Å²) >= 11 is 0. The molecule has 32 heavy (non-hydrogen) atoms. The summed E-state index contributed by atoms with van der Waals surface area (Å²) in [6, 6.07) is 13.2. The van der Waals surface area contributed by atoms with Crippen molar-refractivity contribution in [1.29, 1.82) is 0 Å². The van der Waals surface area contributed by atoms with Crippen molar-refractivity contribution in [1.82, 2.24) is 5.32 Å². The molecule has 0 radical (unpaired) electrons. The molecule has 166 valence electrons. The molecule has 7 nitrogen and oxygen atoms in total. The summed E-state index contributed by atoms with van der Waals surface area (Å²) in [5.41, 5.74) is 2.70. The molecule has 0 unspecified atom stereocenters. The smallest absolute Gasteiger partial charge is 0.339 e. The fourth-order valence-electron chi connectivity index (χ4n) is 4.10.